The topological polar surface area (TPSA) is 29.3 Å². The Kier molecular flexibility index (Phi) is 3.74. The molecule has 0 saturated carbocycles. The highest BCUT2D eigenvalue weighted by Gasteiger charge is 2.28. The van der Waals surface area contributed by atoms with Crippen molar-refractivity contribution >= 4 is 0 Å². The molecule has 0 aromatic rings. The van der Waals surface area contributed by atoms with Crippen LogP contribution in [0.25, 0.3) is 0 Å². The average Bonchev–Trinajstić information content (AvgIpc) is 2.04. The largest absolute Gasteiger partial charge is 0.328 e. The second-order valence-electron chi connectivity index (χ2n) is 5.04. The van der Waals surface area contributed by atoms with Crippen LogP contribution in [0.1, 0.15) is 46.5 Å². The van der Waals surface area contributed by atoms with Crippen LogP contribution in [0.15, 0.2) is 0 Å². The second kappa shape index (κ2) is 4.43. The molecule has 0 aromatic carbocycles. The zero-order valence-electron chi connectivity index (χ0n) is 9.34. The van der Waals surface area contributed by atoms with Crippen molar-refractivity contribution in [3.63, 3.8) is 0 Å². The molecule has 1 aliphatic heterocycles. The molecule has 0 radical (unpaired) electrons. The highest BCUT2D eigenvalue weighted by molar-refractivity contribution is 4.85. The van der Waals surface area contributed by atoms with Crippen LogP contribution in [-0.4, -0.2) is 29.6 Å². The van der Waals surface area contributed by atoms with Crippen LogP contribution in [0.5, 0.6) is 0 Å². The number of nitrogens with zero attached hydrogens (tertiary/aromatic N) is 1. The molecule has 1 heterocycles. The lowest BCUT2D eigenvalue weighted by Gasteiger charge is -2.42. The van der Waals surface area contributed by atoms with Gasteiger partial charge in [0.15, 0.2) is 0 Å². The summed E-state index contributed by atoms with van der Waals surface area (Å²) in [5.41, 5.74) is 6.16. The zero-order chi connectivity index (χ0) is 9.90. The summed E-state index contributed by atoms with van der Waals surface area (Å²) in [5, 5.41) is 0. The van der Waals surface area contributed by atoms with Gasteiger partial charge in [-0.2, -0.15) is 0 Å². The molecular formula is C11H24N2. The Morgan fingerprint density at radius 1 is 1.23 bits per heavy atom. The lowest BCUT2D eigenvalue weighted by molar-refractivity contribution is 0.0835. The number of hydrogen-bond donors (Lipinski definition) is 1. The number of likely N-dealkylation sites (tertiary alicyclic amines) is 1. The van der Waals surface area contributed by atoms with Crippen molar-refractivity contribution in [2.45, 2.75) is 58.0 Å². The predicted molar refractivity (Wildman–Crippen MR) is 57.8 cm³/mol. The Labute approximate surface area is 82.5 Å². The quantitative estimate of drug-likeness (QED) is 0.727. The van der Waals surface area contributed by atoms with Gasteiger partial charge in [0.1, 0.15) is 0 Å². The summed E-state index contributed by atoms with van der Waals surface area (Å²) in [6, 6.07) is 0.317. The zero-order valence-corrected chi connectivity index (χ0v) is 9.34. The van der Waals surface area contributed by atoms with Gasteiger partial charge in [0, 0.05) is 11.6 Å². The van der Waals surface area contributed by atoms with Gasteiger partial charge in [0.2, 0.25) is 0 Å². The summed E-state index contributed by atoms with van der Waals surface area (Å²) in [5.74, 6) is 0. The fourth-order valence-corrected chi connectivity index (χ4v) is 2.42. The third kappa shape index (κ3) is 3.28. The smallest absolute Gasteiger partial charge is 0.0167 e. The third-order valence-corrected chi connectivity index (χ3v) is 3.03. The minimum Gasteiger partial charge on any atom is -0.328 e. The van der Waals surface area contributed by atoms with Gasteiger partial charge in [-0.05, 0) is 53.1 Å². The van der Waals surface area contributed by atoms with Gasteiger partial charge in [0.05, 0.1) is 0 Å². The standard InChI is InChI=1S/C11H24N2/c1-10(12)9-11(2,3)13-7-5-4-6-8-13/h10H,4-9,12H2,1-3H3. The van der Waals surface area contributed by atoms with Gasteiger partial charge in [0.25, 0.3) is 0 Å². The Hall–Kier alpha value is -0.0800. The third-order valence-electron chi connectivity index (χ3n) is 3.03. The molecule has 13 heavy (non-hydrogen) atoms. The van der Waals surface area contributed by atoms with Crippen LogP contribution in [0, 0.1) is 0 Å². The van der Waals surface area contributed by atoms with Crippen molar-refractivity contribution < 1.29 is 0 Å². The molecule has 0 spiro atoms. The first-order valence-corrected chi connectivity index (χ1v) is 5.53. The molecule has 1 unspecified atom stereocenters. The summed E-state index contributed by atoms with van der Waals surface area (Å²) in [6.45, 7) is 9.27. The fourth-order valence-electron chi connectivity index (χ4n) is 2.42. The molecule has 2 nitrogen and oxygen atoms in total. The van der Waals surface area contributed by atoms with E-state index >= 15 is 0 Å². The Balaban J connectivity index is 2.45. The highest BCUT2D eigenvalue weighted by atomic mass is 15.2. The van der Waals surface area contributed by atoms with Gasteiger partial charge in [-0.1, -0.05) is 6.42 Å². The number of hydrogen-bond acceptors (Lipinski definition) is 2. The molecule has 0 bridgehead atoms. The fraction of sp³-hybridized carbons (Fsp3) is 1.00. The minimum absolute atomic E-state index is 0.300. The van der Waals surface area contributed by atoms with Crippen molar-refractivity contribution in [3.8, 4) is 0 Å². The first-order valence-electron chi connectivity index (χ1n) is 5.53. The molecule has 0 amide bonds. The van der Waals surface area contributed by atoms with E-state index in [0.29, 0.717) is 11.6 Å². The summed E-state index contributed by atoms with van der Waals surface area (Å²) in [4.78, 5) is 2.60. The molecule has 78 valence electrons. The lowest BCUT2D eigenvalue weighted by atomic mass is 9.92. The molecule has 1 atom stereocenters. The lowest BCUT2D eigenvalue weighted by Crippen LogP contribution is -2.49. The average molecular weight is 184 g/mol. The molecule has 2 heteroatoms. The molecular weight excluding hydrogens is 160 g/mol. The highest BCUT2D eigenvalue weighted by Crippen LogP contribution is 2.24. The number of rotatable bonds is 3. The van der Waals surface area contributed by atoms with E-state index in [2.05, 4.69) is 25.7 Å². The van der Waals surface area contributed by atoms with Crippen LogP contribution in [0.4, 0.5) is 0 Å². The summed E-state index contributed by atoms with van der Waals surface area (Å²) in [7, 11) is 0. The van der Waals surface area contributed by atoms with Crippen molar-refractivity contribution in [1.82, 2.24) is 4.90 Å². The van der Waals surface area contributed by atoms with Crippen LogP contribution >= 0.6 is 0 Å². The van der Waals surface area contributed by atoms with Gasteiger partial charge in [-0.25, -0.2) is 0 Å². The number of piperidine rings is 1. The van der Waals surface area contributed by atoms with Crippen LogP contribution < -0.4 is 5.73 Å². The molecule has 2 N–H and O–H groups in total. The van der Waals surface area contributed by atoms with E-state index in [-0.39, 0.29) is 0 Å². The SMILES string of the molecule is CC(N)CC(C)(C)N1CCCCC1. The van der Waals surface area contributed by atoms with E-state index in [9.17, 15) is 0 Å². The van der Waals surface area contributed by atoms with E-state index in [1.165, 1.54) is 32.4 Å². The molecule has 1 saturated heterocycles. The predicted octanol–water partition coefficient (Wildman–Crippen LogP) is 1.99. The molecule has 0 aromatic heterocycles. The van der Waals surface area contributed by atoms with Gasteiger partial charge in [-0.3, -0.25) is 4.90 Å². The second-order valence-corrected chi connectivity index (χ2v) is 5.04. The Morgan fingerprint density at radius 3 is 2.23 bits per heavy atom. The molecule has 1 aliphatic rings. The van der Waals surface area contributed by atoms with Crippen molar-refractivity contribution in [2.75, 3.05) is 13.1 Å². The van der Waals surface area contributed by atoms with Crippen molar-refractivity contribution in [1.29, 1.82) is 0 Å². The first-order chi connectivity index (χ1) is 6.02. The van der Waals surface area contributed by atoms with Crippen molar-refractivity contribution in [3.05, 3.63) is 0 Å². The maximum Gasteiger partial charge on any atom is 0.0167 e. The summed E-state index contributed by atoms with van der Waals surface area (Å²) >= 11 is 0. The van der Waals surface area contributed by atoms with Crippen molar-refractivity contribution in [2.24, 2.45) is 5.73 Å². The summed E-state index contributed by atoms with van der Waals surface area (Å²) in [6.07, 6.45) is 5.24. The molecule has 1 fully saturated rings. The molecule has 0 aliphatic carbocycles. The van der Waals surface area contributed by atoms with E-state index in [1.54, 1.807) is 0 Å². The maximum absolute atomic E-state index is 5.86. The Morgan fingerprint density at radius 2 is 1.77 bits per heavy atom. The van der Waals surface area contributed by atoms with Crippen LogP contribution in [-0.2, 0) is 0 Å². The van der Waals surface area contributed by atoms with Gasteiger partial charge in [-0.15, -0.1) is 0 Å². The van der Waals surface area contributed by atoms with Crippen LogP contribution in [0.2, 0.25) is 0 Å². The van der Waals surface area contributed by atoms with E-state index in [1.807, 2.05) is 0 Å². The minimum atomic E-state index is 0.300. The summed E-state index contributed by atoms with van der Waals surface area (Å²) < 4.78 is 0. The van der Waals surface area contributed by atoms with E-state index in [0.717, 1.165) is 6.42 Å². The van der Waals surface area contributed by atoms with Crippen LogP contribution in [0.3, 0.4) is 0 Å². The van der Waals surface area contributed by atoms with E-state index < -0.39 is 0 Å². The Bertz CT molecular complexity index is 146. The monoisotopic (exact) mass is 184 g/mol. The number of nitrogens with two attached hydrogens (primary N) is 1. The van der Waals surface area contributed by atoms with Gasteiger partial charge < -0.3 is 5.73 Å². The maximum atomic E-state index is 5.86. The van der Waals surface area contributed by atoms with E-state index in [4.69, 9.17) is 5.73 Å². The molecule has 1 rings (SSSR count). The normalized spacial score (nSPS) is 23.1. The first kappa shape index (κ1) is 11.0. The van der Waals surface area contributed by atoms with Gasteiger partial charge >= 0.3 is 0 Å².